The van der Waals surface area contributed by atoms with E-state index in [2.05, 4.69) is 115 Å². The van der Waals surface area contributed by atoms with Gasteiger partial charge in [0.25, 0.3) is 0 Å². The first-order chi connectivity index (χ1) is 11.9. The Morgan fingerprint density at radius 1 is 0.640 bits per heavy atom. The number of rotatable bonds is 3. The van der Waals surface area contributed by atoms with Crippen LogP contribution in [0.5, 0.6) is 0 Å². The Morgan fingerprint density at radius 2 is 1.04 bits per heavy atom. The van der Waals surface area contributed by atoms with Crippen molar-refractivity contribution in [2.75, 3.05) is 0 Å². The van der Waals surface area contributed by atoms with E-state index in [1.807, 2.05) is 0 Å². The van der Waals surface area contributed by atoms with Crippen LogP contribution in [0.4, 0.5) is 0 Å². The molecule has 0 atom stereocenters. The predicted octanol–water partition coefficient (Wildman–Crippen LogP) is 1.47. The van der Waals surface area contributed by atoms with Crippen LogP contribution >= 0.6 is 0 Å². The van der Waals surface area contributed by atoms with Gasteiger partial charge in [0.05, 0.1) is 0 Å². The van der Waals surface area contributed by atoms with Crippen LogP contribution in [0.25, 0.3) is 0 Å². The molecule has 2 aromatic heterocycles. The zero-order chi connectivity index (χ0) is 16.7. The summed E-state index contributed by atoms with van der Waals surface area (Å²) in [6.45, 7) is 0. The molecule has 4 aromatic rings. The quantitative estimate of drug-likeness (QED) is 0.494. The average Bonchev–Trinajstić information content (AvgIpc) is 3.40. The minimum atomic E-state index is 0. The zero-order valence-corrected chi connectivity index (χ0v) is 15.8. The number of hydrogen-bond acceptors (Lipinski definition) is 6. The molecule has 0 aliphatic rings. The zero-order valence-electron chi connectivity index (χ0n) is 13.4. The maximum absolute atomic E-state index is 3.25. The maximum Gasteiger partial charge on any atom is 2.00 e. The van der Waals surface area contributed by atoms with E-state index in [1.165, 1.54) is 11.1 Å². The molecule has 0 bridgehead atoms. The fourth-order valence-corrected chi connectivity index (χ4v) is 1.80. The van der Waals surface area contributed by atoms with Crippen molar-refractivity contribution < 1.29 is 26.2 Å². The Bertz CT molecular complexity index is 617. The van der Waals surface area contributed by atoms with Gasteiger partial charge in [0.1, 0.15) is 0 Å². The fourth-order valence-electron chi connectivity index (χ4n) is 1.80. The summed E-state index contributed by atoms with van der Waals surface area (Å²) in [4.78, 5) is 0. The second kappa shape index (κ2) is 13.9. The Hall–Kier alpha value is -2.54. The third kappa shape index (κ3) is 10.0. The normalized spacial score (nSPS) is 8.80. The second-order valence-electron chi connectivity index (χ2n) is 4.49. The van der Waals surface area contributed by atoms with Gasteiger partial charge in [-0.05, 0) is 24.0 Å². The number of H-pyrrole nitrogens is 2. The van der Waals surface area contributed by atoms with Gasteiger partial charge in [0, 0.05) is 0 Å². The molecule has 0 amide bonds. The van der Waals surface area contributed by atoms with Crippen LogP contribution < -0.4 is 0 Å². The summed E-state index contributed by atoms with van der Waals surface area (Å²) in [6.07, 6.45) is 6.65. The Kier molecular flexibility index (Phi) is 11.4. The molecule has 0 aliphatic carbocycles. The van der Waals surface area contributed by atoms with Gasteiger partial charge in [-0.1, -0.05) is 71.1 Å². The molecule has 9 heteroatoms. The minimum Gasteiger partial charge on any atom is -0.357 e. The Balaban J connectivity index is 0.000000233. The number of nitrogens with one attached hydrogen (secondary N) is 2. The van der Waals surface area contributed by atoms with Crippen molar-refractivity contribution in [2.24, 2.45) is 0 Å². The van der Waals surface area contributed by atoms with Crippen molar-refractivity contribution in [1.29, 1.82) is 0 Å². The van der Waals surface area contributed by atoms with E-state index in [-0.39, 0.29) is 26.2 Å². The van der Waals surface area contributed by atoms with E-state index in [9.17, 15) is 0 Å². The van der Waals surface area contributed by atoms with Crippen molar-refractivity contribution in [1.82, 2.24) is 41.2 Å². The minimum absolute atomic E-state index is 0. The van der Waals surface area contributed by atoms with Crippen LogP contribution in [-0.2, 0) is 39.0 Å². The van der Waals surface area contributed by atoms with Gasteiger partial charge in [-0.3, -0.25) is 0 Å². The molecule has 0 saturated heterocycles. The summed E-state index contributed by atoms with van der Waals surface area (Å²) in [6, 6.07) is 21.2. The monoisotopic (exact) mass is 410 g/mol. The molecule has 8 nitrogen and oxygen atoms in total. The molecule has 2 heterocycles. The third-order valence-corrected chi connectivity index (χ3v) is 2.87. The van der Waals surface area contributed by atoms with Crippen molar-refractivity contribution in [3.05, 3.63) is 84.4 Å². The van der Waals surface area contributed by atoms with Crippen LogP contribution in [0.3, 0.4) is 0 Å². The SMILES string of the molecule is [Zr+2].[c-]1nn[nH]n1.[c-]1nn[nH]n1.c1ccc(CCc2ccccc2)cc1. The number of benzene rings is 2. The van der Waals surface area contributed by atoms with Gasteiger partial charge in [-0.2, -0.15) is 0 Å². The van der Waals surface area contributed by atoms with Crippen molar-refractivity contribution in [3.8, 4) is 0 Å². The summed E-state index contributed by atoms with van der Waals surface area (Å²) in [7, 11) is 0. The first kappa shape index (κ1) is 20.5. The van der Waals surface area contributed by atoms with E-state index in [0.717, 1.165) is 12.8 Å². The van der Waals surface area contributed by atoms with Crippen LogP contribution in [0, 0.1) is 12.7 Å². The van der Waals surface area contributed by atoms with Gasteiger partial charge < -0.3 is 20.4 Å². The van der Waals surface area contributed by atoms with Gasteiger partial charge in [0.15, 0.2) is 0 Å². The largest absolute Gasteiger partial charge is 2.00 e. The summed E-state index contributed by atoms with van der Waals surface area (Å²) in [5.41, 5.74) is 2.83. The van der Waals surface area contributed by atoms with E-state index in [4.69, 9.17) is 0 Å². The van der Waals surface area contributed by atoms with Crippen LogP contribution in [0.1, 0.15) is 11.1 Å². The number of tetrazole rings is 2. The van der Waals surface area contributed by atoms with Crippen LogP contribution in [-0.4, -0.2) is 41.2 Å². The summed E-state index contributed by atoms with van der Waals surface area (Å²) in [5, 5.41) is 23.6. The van der Waals surface area contributed by atoms with E-state index < -0.39 is 0 Å². The second-order valence-corrected chi connectivity index (χ2v) is 4.49. The maximum atomic E-state index is 3.25. The molecule has 0 aliphatic heterocycles. The number of aromatic amines is 2. The summed E-state index contributed by atoms with van der Waals surface area (Å²) in [5.74, 6) is 0. The van der Waals surface area contributed by atoms with Crippen molar-refractivity contribution in [3.63, 3.8) is 0 Å². The average molecular weight is 412 g/mol. The molecule has 124 valence electrons. The van der Waals surface area contributed by atoms with Gasteiger partial charge in [-0.15, -0.1) is 0 Å². The predicted molar refractivity (Wildman–Crippen MR) is 86.3 cm³/mol. The number of aryl methyl sites for hydroxylation is 2. The number of nitrogens with zero attached hydrogens (tertiary/aromatic N) is 6. The van der Waals surface area contributed by atoms with E-state index in [1.54, 1.807) is 0 Å². The topological polar surface area (TPSA) is 109 Å². The molecule has 2 aromatic carbocycles. The van der Waals surface area contributed by atoms with Gasteiger partial charge in [0.2, 0.25) is 0 Å². The molecule has 2 N–H and O–H groups in total. The Morgan fingerprint density at radius 3 is 1.28 bits per heavy atom. The van der Waals surface area contributed by atoms with Crippen molar-refractivity contribution in [2.45, 2.75) is 12.8 Å². The van der Waals surface area contributed by atoms with Gasteiger partial charge in [-0.25, -0.2) is 23.1 Å². The summed E-state index contributed by atoms with van der Waals surface area (Å²) >= 11 is 0. The Labute approximate surface area is 164 Å². The number of aromatic nitrogens is 8. The summed E-state index contributed by atoms with van der Waals surface area (Å²) < 4.78 is 0. The molecule has 0 radical (unpaired) electrons. The molecule has 4 rings (SSSR count). The molecule has 0 spiro atoms. The molecule has 25 heavy (non-hydrogen) atoms. The standard InChI is InChI=1S/C14H14.2CHN4.Zr/c1-3-7-13(8-4-1)11-12-14-9-5-2-6-10-14;2*1-2-4-5-3-1;/h1-10H,11-12H2;2*(H,2,3,4,5);/q;2*-1;+2. The molecular weight excluding hydrogens is 395 g/mol. The van der Waals surface area contributed by atoms with E-state index >= 15 is 0 Å². The van der Waals surface area contributed by atoms with Crippen LogP contribution in [0.15, 0.2) is 60.7 Å². The molecule has 0 fully saturated rings. The van der Waals surface area contributed by atoms with Crippen molar-refractivity contribution >= 4 is 0 Å². The van der Waals surface area contributed by atoms with Gasteiger partial charge >= 0.3 is 26.2 Å². The van der Waals surface area contributed by atoms with E-state index in [0.29, 0.717) is 0 Å². The number of hydrogen-bond donors (Lipinski definition) is 2. The first-order valence-corrected chi connectivity index (χ1v) is 7.22. The fraction of sp³-hybridized carbons (Fsp3) is 0.125. The molecule has 0 unspecified atom stereocenters. The first-order valence-electron chi connectivity index (χ1n) is 7.22. The smallest absolute Gasteiger partial charge is 0.357 e. The molecule has 0 saturated carbocycles. The molecular formula is C16H16N8Zr. The third-order valence-electron chi connectivity index (χ3n) is 2.87. The van der Waals surface area contributed by atoms with Crippen LogP contribution in [0.2, 0.25) is 0 Å².